The van der Waals surface area contributed by atoms with Crippen LogP contribution in [-0.2, 0) is 28.6 Å². The summed E-state index contributed by atoms with van der Waals surface area (Å²) in [7, 11) is 0. The van der Waals surface area contributed by atoms with E-state index in [0.717, 1.165) is 25.7 Å². The molecule has 1 heterocycles. The van der Waals surface area contributed by atoms with Crippen molar-refractivity contribution in [1.82, 2.24) is 0 Å². The van der Waals surface area contributed by atoms with Crippen LogP contribution in [0.2, 0.25) is 0 Å². The van der Waals surface area contributed by atoms with Crippen LogP contribution in [0.25, 0.3) is 0 Å². The number of carbonyl (C=O) groups excluding carboxylic acids is 3. The largest absolute Gasteiger partial charge is 0.465 e. The van der Waals surface area contributed by atoms with Crippen LogP contribution >= 0.6 is 0 Å². The Hall–Kier alpha value is -1.59. The Morgan fingerprint density at radius 2 is 1.74 bits per heavy atom. The highest BCUT2D eigenvalue weighted by Gasteiger charge is 2.72. The van der Waals surface area contributed by atoms with Crippen LogP contribution in [-0.4, -0.2) is 36.2 Å². The second kappa shape index (κ2) is 7.21. The number of ether oxygens (including phenoxy) is 3. The molecule has 0 radical (unpaired) electrons. The van der Waals surface area contributed by atoms with Crippen LogP contribution < -0.4 is 0 Å². The first kappa shape index (κ1) is 22.6. The van der Waals surface area contributed by atoms with E-state index >= 15 is 0 Å². The second-order valence-electron chi connectivity index (χ2n) is 11.8. The zero-order valence-corrected chi connectivity index (χ0v) is 19.9. The van der Waals surface area contributed by atoms with E-state index in [0.29, 0.717) is 18.8 Å². The predicted molar refractivity (Wildman–Crippen MR) is 114 cm³/mol. The number of fused-ring (bicyclic) bond motifs is 5. The number of hydrogen-bond donors (Lipinski definition) is 0. The summed E-state index contributed by atoms with van der Waals surface area (Å²) in [5.74, 6) is -0.358. The first-order valence-corrected chi connectivity index (χ1v) is 11.9. The zero-order valence-electron chi connectivity index (χ0n) is 19.9. The molecule has 0 bridgehead atoms. The Morgan fingerprint density at radius 1 is 1.03 bits per heavy atom. The van der Waals surface area contributed by atoms with Crippen molar-refractivity contribution in [3.63, 3.8) is 0 Å². The van der Waals surface area contributed by atoms with Gasteiger partial charge in [-0.15, -0.1) is 0 Å². The Morgan fingerprint density at radius 3 is 2.39 bits per heavy atom. The van der Waals surface area contributed by atoms with E-state index in [1.165, 1.54) is 20.3 Å². The first-order chi connectivity index (χ1) is 14.3. The monoisotopic (exact) mass is 434 g/mol. The van der Waals surface area contributed by atoms with Gasteiger partial charge >= 0.3 is 17.9 Å². The maximum atomic E-state index is 12.5. The fraction of sp³-hybridized carbons (Fsp3) is 0.880. The van der Waals surface area contributed by atoms with E-state index in [1.54, 1.807) is 0 Å². The summed E-state index contributed by atoms with van der Waals surface area (Å²) >= 11 is 0. The minimum Gasteiger partial charge on any atom is -0.465 e. The molecule has 0 aromatic rings. The van der Waals surface area contributed by atoms with Crippen LogP contribution in [0.1, 0.15) is 86.5 Å². The highest BCUT2D eigenvalue weighted by Crippen LogP contribution is 2.71. The molecule has 4 rings (SSSR count). The fourth-order valence-electron chi connectivity index (χ4n) is 8.76. The van der Waals surface area contributed by atoms with Crippen LogP contribution in [0.3, 0.4) is 0 Å². The Labute approximate surface area is 185 Å². The molecule has 0 N–H and O–H groups in total. The molecule has 1 aliphatic heterocycles. The minimum atomic E-state index is -0.707. The fourth-order valence-corrected chi connectivity index (χ4v) is 8.76. The number of hydrogen-bond acceptors (Lipinski definition) is 6. The van der Waals surface area contributed by atoms with Gasteiger partial charge in [0, 0.05) is 37.5 Å². The molecule has 0 unspecified atom stereocenters. The van der Waals surface area contributed by atoms with Gasteiger partial charge in [-0.3, -0.25) is 14.4 Å². The molecule has 7 atom stereocenters. The summed E-state index contributed by atoms with van der Waals surface area (Å²) in [4.78, 5) is 36.6. The third-order valence-electron chi connectivity index (χ3n) is 9.49. The third kappa shape index (κ3) is 3.39. The van der Waals surface area contributed by atoms with Gasteiger partial charge in [-0.2, -0.15) is 0 Å². The summed E-state index contributed by atoms with van der Waals surface area (Å²) in [6.07, 6.45) is 5.75. The predicted octanol–water partition coefficient (Wildman–Crippen LogP) is 4.44. The second-order valence-corrected chi connectivity index (χ2v) is 11.8. The van der Waals surface area contributed by atoms with Gasteiger partial charge in [0.15, 0.2) is 0 Å². The summed E-state index contributed by atoms with van der Waals surface area (Å²) in [5.41, 5.74) is -1.01. The molecule has 1 saturated heterocycles. The van der Waals surface area contributed by atoms with Crippen molar-refractivity contribution >= 4 is 17.9 Å². The molecule has 0 aromatic heterocycles. The summed E-state index contributed by atoms with van der Waals surface area (Å²) in [6, 6.07) is 0. The van der Waals surface area contributed by atoms with Gasteiger partial charge in [0.25, 0.3) is 0 Å². The lowest BCUT2D eigenvalue weighted by molar-refractivity contribution is -0.258. The van der Waals surface area contributed by atoms with Crippen molar-refractivity contribution in [3.8, 4) is 0 Å². The molecule has 6 nitrogen and oxygen atoms in total. The highest BCUT2D eigenvalue weighted by molar-refractivity contribution is 5.73. The zero-order chi connectivity index (χ0) is 22.8. The lowest BCUT2D eigenvalue weighted by Gasteiger charge is -2.68. The van der Waals surface area contributed by atoms with Crippen molar-refractivity contribution in [2.75, 3.05) is 6.61 Å². The molecule has 3 aliphatic carbocycles. The SMILES string of the molecule is CC(=O)OC[C@@]12CC[C@H]3C(C)(C)CCC[C@]3(C)[C@H]1[C@@H](OC(C)=O)C[C@]1(C)OC(=O)C[C@@H]21. The molecular formula is C25H38O6. The van der Waals surface area contributed by atoms with Gasteiger partial charge in [0.1, 0.15) is 11.7 Å². The lowest BCUT2D eigenvalue weighted by atomic mass is 9.37. The van der Waals surface area contributed by atoms with E-state index in [4.69, 9.17) is 14.2 Å². The molecule has 0 spiro atoms. The summed E-state index contributed by atoms with van der Waals surface area (Å²) < 4.78 is 17.6. The molecule has 4 aliphatic rings. The smallest absolute Gasteiger partial charge is 0.306 e. The van der Waals surface area contributed by atoms with E-state index < -0.39 is 11.0 Å². The van der Waals surface area contributed by atoms with E-state index in [-0.39, 0.29) is 53.3 Å². The first-order valence-electron chi connectivity index (χ1n) is 11.9. The van der Waals surface area contributed by atoms with Gasteiger partial charge in [-0.25, -0.2) is 0 Å². The highest BCUT2D eigenvalue weighted by atomic mass is 16.6. The van der Waals surface area contributed by atoms with E-state index in [2.05, 4.69) is 20.8 Å². The maximum absolute atomic E-state index is 12.5. The van der Waals surface area contributed by atoms with Gasteiger partial charge in [-0.1, -0.05) is 27.2 Å². The number of carbonyl (C=O) groups is 3. The molecule has 0 aromatic carbocycles. The molecule has 3 saturated carbocycles. The summed E-state index contributed by atoms with van der Waals surface area (Å²) in [5, 5.41) is 0. The van der Waals surface area contributed by atoms with Crippen LogP contribution in [0.4, 0.5) is 0 Å². The van der Waals surface area contributed by atoms with Crippen molar-refractivity contribution in [1.29, 1.82) is 0 Å². The topological polar surface area (TPSA) is 78.9 Å². The molecule has 31 heavy (non-hydrogen) atoms. The molecule has 174 valence electrons. The number of rotatable bonds is 3. The van der Waals surface area contributed by atoms with E-state index in [9.17, 15) is 14.4 Å². The maximum Gasteiger partial charge on any atom is 0.306 e. The van der Waals surface area contributed by atoms with E-state index in [1.807, 2.05) is 6.92 Å². The van der Waals surface area contributed by atoms with Crippen LogP contribution in [0, 0.1) is 34.0 Å². The van der Waals surface area contributed by atoms with Crippen molar-refractivity contribution in [3.05, 3.63) is 0 Å². The van der Waals surface area contributed by atoms with Gasteiger partial charge in [-0.05, 0) is 49.4 Å². The van der Waals surface area contributed by atoms with Gasteiger partial charge < -0.3 is 14.2 Å². The van der Waals surface area contributed by atoms with Crippen LogP contribution in [0.15, 0.2) is 0 Å². The standard InChI is InChI=1S/C25H38O6/c1-15(26)29-14-25-11-8-18-22(3,4)9-7-10-23(18,5)21(25)17(30-16(2)27)13-24(6)19(25)12-20(28)31-24/h17-19,21H,7-14H2,1-6H3/t17-,18-,19+,21+,23-,24-,25+/m0/s1. The number of esters is 3. The van der Waals surface area contributed by atoms with Crippen molar-refractivity contribution in [2.45, 2.75) is 98.2 Å². The average Bonchev–Trinajstić information content (AvgIpc) is 2.92. The van der Waals surface area contributed by atoms with Crippen molar-refractivity contribution in [2.24, 2.45) is 34.0 Å². The van der Waals surface area contributed by atoms with Crippen molar-refractivity contribution < 1.29 is 28.6 Å². The quantitative estimate of drug-likeness (QED) is 0.483. The molecule has 4 fully saturated rings. The third-order valence-corrected chi connectivity index (χ3v) is 9.49. The molecular weight excluding hydrogens is 396 g/mol. The minimum absolute atomic E-state index is 0.0224. The molecule has 6 heteroatoms. The van der Waals surface area contributed by atoms with Gasteiger partial charge in [0.2, 0.25) is 0 Å². The van der Waals surface area contributed by atoms with Gasteiger partial charge in [0.05, 0.1) is 13.0 Å². The Kier molecular flexibility index (Phi) is 5.26. The molecule has 0 amide bonds. The Balaban J connectivity index is 1.87. The normalized spacial score (nSPS) is 45.5. The summed E-state index contributed by atoms with van der Waals surface area (Å²) in [6.45, 7) is 12.2. The average molecular weight is 435 g/mol. The van der Waals surface area contributed by atoms with Crippen LogP contribution in [0.5, 0.6) is 0 Å². The Bertz CT molecular complexity index is 789. The lowest BCUT2D eigenvalue weighted by Crippen LogP contribution is -2.68.